The van der Waals surface area contributed by atoms with Gasteiger partial charge in [0, 0.05) is 0 Å². The molecule has 2 aromatic carbocycles. The van der Waals surface area contributed by atoms with Gasteiger partial charge < -0.3 is 4.74 Å². The lowest BCUT2D eigenvalue weighted by Gasteiger charge is -2.12. The zero-order valence-electron chi connectivity index (χ0n) is 14.6. The van der Waals surface area contributed by atoms with Crippen molar-refractivity contribution in [3.8, 4) is 5.75 Å². The number of halogens is 5. The molecule has 144 valence electrons. The average molecular weight is 386 g/mol. The fourth-order valence-corrected chi connectivity index (χ4v) is 2.47. The van der Waals surface area contributed by atoms with Gasteiger partial charge in [-0.1, -0.05) is 17.7 Å². The normalized spacial score (nSPS) is 11.1. The van der Waals surface area contributed by atoms with Crippen molar-refractivity contribution in [2.45, 2.75) is 20.8 Å². The summed E-state index contributed by atoms with van der Waals surface area (Å²) in [7, 11) is 0. The Morgan fingerprint density at radius 3 is 1.96 bits per heavy atom. The lowest BCUT2D eigenvalue weighted by atomic mass is 10.1. The highest BCUT2D eigenvalue weighted by molar-refractivity contribution is 5.83. The number of carbonyl (C=O) groups excluding carboxylic acids is 1. The van der Waals surface area contributed by atoms with E-state index in [4.69, 9.17) is 4.74 Å². The van der Waals surface area contributed by atoms with Crippen molar-refractivity contribution >= 4 is 12.1 Å². The number of hydrogen-bond acceptors (Lipinski definition) is 3. The zero-order chi connectivity index (χ0) is 20.3. The van der Waals surface area contributed by atoms with Crippen molar-refractivity contribution in [1.82, 2.24) is 5.43 Å². The van der Waals surface area contributed by atoms with Crippen LogP contribution in [0.3, 0.4) is 0 Å². The van der Waals surface area contributed by atoms with Gasteiger partial charge in [-0.25, -0.2) is 27.4 Å². The van der Waals surface area contributed by atoms with E-state index >= 15 is 0 Å². The second kappa shape index (κ2) is 8.15. The minimum atomic E-state index is -2.27. The third-order valence-corrected chi connectivity index (χ3v) is 3.58. The summed E-state index contributed by atoms with van der Waals surface area (Å²) >= 11 is 0. The molecule has 4 nitrogen and oxygen atoms in total. The van der Waals surface area contributed by atoms with Gasteiger partial charge in [0.05, 0.1) is 11.8 Å². The van der Waals surface area contributed by atoms with Gasteiger partial charge in [-0.3, -0.25) is 4.79 Å². The van der Waals surface area contributed by atoms with Crippen LogP contribution >= 0.6 is 0 Å². The summed E-state index contributed by atoms with van der Waals surface area (Å²) in [6.45, 7) is 5.05. The first-order valence-electron chi connectivity index (χ1n) is 7.67. The van der Waals surface area contributed by atoms with Crippen LogP contribution in [0.4, 0.5) is 22.0 Å². The second-order valence-electron chi connectivity index (χ2n) is 5.79. The molecule has 0 heterocycles. The van der Waals surface area contributed by atoms with Gasteiger partial charge in [-0.05, 0) is 31.9 Å². The van der Waals surface area contributed by atoms with Crippen LogP contribution in [0, 0.1) is 49.9 Å². The summed E-state index contributed by atoms with van der Waals surface area (Å²) in [6, 6.07) is 3.73. The Morgan fingerprint density at radius 1 is 0.963 bits per heavy atom. The maximum Gasteiger partial charge on any atom is 0.277 e. The Hall–Kier alpha value is -2.97. The highest BCUT2D eigenvalue weighted by Gasteiger charge is 2.24. The van der Waals surface area contributed by atoms with Crippen LogP contribution < -0.4 is 10.2 Å². The Kier molecular flexibility index (Phi) is 6.14. The quantitative estimate of drug-likeness (QED) is 0.279. The highest BCUT2D eigenvalue weighted by atomic mass is 19.2. The van der Waals surface area contributed by atoms with Gasteiger partial charge in [0.2, 0.25) is 5.82 Å². The largest absolute Gasteiger partial charge is 0.483 e. The van der Waals surface area contributed by atoms with E-state index in [1.807, 2.05) is 24.5 Å². The summed E-state index contributed by atoms with van der Waals surface area (Å²) in [4.78, 5) is 11.7. The molecule has 0 aromatic heterocycles. The predicted molar refractivity (Wildman–Crippen MR) is 88.1 cm³/mol. The van der Waals surface area contributed by atoms with E-state index in [0.29, 0.717) is 12.0 Å². The van der Waals surface area contributed by atoms with Crippen molar-refractivity contribution < 1.29 is 31.5 Å². The molecule has 0 saturated carbocycles. The third-order valence-electron chi connectivity index (χ3n) is 3.58. The molecule has 0 fully saturated rings. The van der Waals surface area contributed by atoms with E-state index in [1.54, 1.807) is 13.8 Å². The van der Waals surface area contributed by atoms with Crippen molar-refractivity contribution in [2.24, 2.45) is 5.10 Å². The van der Waals surface area contributed by atoms with Crippen LogP contribution in [0.1, 0.15) is 22.3 Å². The van der Waals surface area contributed by atoms with Crippen molar-refractivity contribution in [3.63, 3.8) is 0 Å². The monoisotopic (exact) mass is 386 g/mol. The molecule has 1 N–H and O–H groups in total. The molecule has 0 unspecified atom stereocenters. The van der Waals surface area contributed by atoms with Gasteiger partial charge in [0.1, 0.15) is 5.75 Å². The molecule has 1 amide bonds. The number of aryl methyl sites for hydroxylation is 3. The topological polar surface area (TPSA) is 50.7 Å². The van der Waals surface area contributed by atoms with E-state index in [1.165, 1.54) is 0 Å². The molecule has 0 saturated heterocycles. The number of hydrogen-bond donors (Lipinski definition) is 1. The maximum absolute atomic E-state index is 13.5. The summed E-state index contributed by atoms with van der Waals surface area (Å²) in [5.41, 5.74) is 3.27. The molecule has 0 radical (unpaired) electrons. The SMILES string of the molecule is Cc1cc(C)c(OCC(=O)NN=Cc2c(F)c(F)c(F)c(F)c2F)c(C)c1. The third kappa shape index (κ3) is 4.42. The summed E-state index contributed by atoms with van der Waals surface area (Å²) in [5, 5.41) is 3.21. The molecule has 0 aliphatic heterocycles. The first-order chi connectivity index (χ1) is 12.6. The number of amides is 1. The lowest BCUT2D eigenvalue weighted by Crippen LogP contribution is -2.25. The van der Waals surface area contributed by atoms with E-state index < -0.39 is 47.2 Å². The number of benzene rings is 2. The van der Waals surface area contributed by atoms with E-state index in [0.717, 1.165) is 16.7 Å². The van der Waals surface area contributed by atoms with Crippen LogP contribution in [-0.4, -0.2) is 18.7 Å². The highest BCUT2D eigenvalue weighted by Crippen LogP contribution is 2.24. The first-order valence-corrected chi connectivity index (χ1v) is 7.67. The Labute approximate surface area is 151 Å². The number of carbonyl (C=O) groups is 1. The van der Waals surface area contributed by atoms with Crippen LogP contribution in [0.5, 0.6) is 5.75 Å². The summed E-state index contributed by atoms with van der Waals surface area (Å²) in [6.07, 6.45) is 0.330. The Morgan fingerprint density at radius 2 is 1.44 bits per heavy atom. The maximum atomic E-state index is 13.5. The lowest BCUT2D eigenvalue weighted by molar-refractivity contribution is -0.123. The van der Waals surface area contributed by atoms with Gasteiger partial charge in [0.15, 0.2) is 29.9 Å². The second-order valence-corrected chi connectivity index (χ2v) is 5.79. The molecule has 0 atom stereocenters. The molecule has 0 bridgehead atoms. The molecule has 2 rings (SSSR count). The van der Waals surface area contributed by atoms with Crippen molar-refractivity contribution in [2.75, 3.05) is 6.61 Å². The number of nitrogens with zero attached hydrogens (tertiary/aromatic N) is 1. The molecule has 2 aromatic rings. The fourth-order valence-electron chi connectivity index (χ4n) is 2.47. The number of ether oxygens (including phenoxy) is 1. The van der Waals surface area contributed by atoms with Crippen molar-refractivity contribution in [1.29, 1.82) is 0 Å². The number of hydrazone groups is 1. The van der Waals surface area contributed by atoms with Gasteiger partial charge >= 0.3 is 0 Å². The summed E-state index contributed by atoms with van der Waals surface area (Å²) < 4.78 is 71.4. The van der Waals surface area contributed by atoms with E-state index in [-0.39, 0.29) is 0 Å². The van der Waals surface area contributed by atoms with Gasteiger partial charge in [0.25, 0.3) is 5.91 Å². The molecule has 0 aliphatic rings. The van der Waals surface area contributed by atoms with Crippen LogP contribution in [0.15, 0.2) is 17.2 Å². The van der Waals surface area contributed by atoms with Gasteiger partial charge in [-0.15, -0.1) is 0 Å². The number of nitrogens with one attached hydrogen (secondary N) is 1. The molecule has 27 heavy (non-hydrogen) atoms. The summed E-state index contributed by atoms with van der Waals surface area (Å²) in [5.74, 6) is -10.9. The fraction of sp³-hybridized carbons (Fsp3) is 0.222. The minimum absolute atomic E-state index is 0.330. The first kappa shape index (κ1) is 20.3. The van der Waals surface area contributed by atoms with Crippen LogP contribution in [0.25, 0.3) is 0 Å². The number of rotatable bonds is 5. The van der Waals surface area contributed by atoms with E-state index in [2.05, 4.69) is 5.10 Å². The average Bonchev–Trinajstić information content (AvgIpc) is 2.60. The molecule has 0 spiro atoms. The van der Waals surface area contributed by atoms with Crippen molar-refractivity contribution in [3.05, 3.63) is 63.5 Å². The molecular formula is C18H15F5N2O2. The van der Waals surface area contributed by atoms with E-state index in [9.17, 15) is 26.7 Å². The van der Waals surface area contributed by atoms with Gasteiger partial charge in [-0.2, -0.15) is 5.10 Å². The van der Waals surface area contributed by atoms with Crippen LogP contribution in [-0.2, 0) is 4.79 Å². The smallest absolute Gasteiger partial charge is 0.277 e. The Balaban J connectivity index is 2.05. The molecular weight excluding hydrogens is 371 g/mol. The predicted octanol–water partition coefficient (Wildman–Crippen LogP) is 3.84. The van der Waals surface area contributed by atoms with Crippen LogP contribution in [0.2, 0.25) is 0 Å². The minimum Gasteiger partial charge on any atom is -0.483 e. The zero-order valence-corrected chi connectivity index (χ0v) is 14.6. The Bertz CT molecular complexity index is 876. The molecule has 9 heteroatoms. The standard InChI is InChI=1S/C18H15F5N2O2/c1-8-4-9(2)18(10(3)5-8)27-7-12(26)25-24-6-11-13(19)15(21)17(23)16(22)14(11)20/h4-6H,7H2,1-3H3,(H,25,26). The molecule has 0 aliphatic carbocycles.